The Bertz CT molecular complexity index is 853. The smallest absolute Gasteiger partial charge is 0.119 e. The average molecular weight is 373 g/mol. The summed E-state index contributed by atoms with van der Waals surface area (Å²) in [5, 5.41) is 3.47. The van der Waals surface area contributed by atoms with E-state index in [1.165, 1.54) is 22.3 Å². The van der Waals surface area contributed by atoms with Crippen LogP contribution in [0.15, 0.2) is 78.9 Å². The second-order valence-corrected chi connectivity index (χ2v) is 7.18. The molecule has 28 heavy (non-hydrogen) atoms. The molecule has 4 rings (SSSR count). The molecule has 0 radical (unpaired) electrons. The number of nitrogens with zero attached hydrogens (tertiary/aromatic N) is 1. The molecule has 1 heterocycles. The highest BCUT2D eigenvalue weighted by Crippen LogP contribution is 2.31. The van der Waals surface area contributed by atoms with Gasteiger partial charge in [0, 0.05) is 26.2 Å². The fraction of sp³-hybridized carbons (Fsp3) is 0.280. The summed E-state index contributed by atoms with van der Waals surface area (Å²) >= 11 is 0. The molecular weight excluding hydrogens is 344 g/mol. The third-order valence-electron chi connectivity index (χ3n) is 5.36. The van der Waals surface area contributed by atoms with Crippen molar-refractivity contribution in [1.29, 1.82) is 0 Å². The lowest BCUT2D eigenvalue weighted by molar-refractivity contribution is 0.198. The van der Waals surface area contributed by atoms with E-state index < -0.39 is 0 Å². The van der Waals surface area contributed by atoms with Gasteiger partial charge >= 0.3 is 0 Å². The standard InChI is InChI=1S/C25H28N2O/c1-2-28-24-14-12-23(13-15-24)25(27-18-16-26-17-19-27)22-10-8-21(9-11-22)20-6-4-3-5-7-20/h3-15,25-26H,2,16-19H2,1H3. The van der Waals surface area contributed by atoms with E-state index in [4.69, 9.17) is 4.74 Å². The Hall–Kier alpha value is -2.62. The van der Waals surface area contributed by atoms with Crippen molar-refractivity contribution in [3.8, 4) is 16.9 Å². The van der Waals surface area contributed by atoms with Crippen LogP contribution in [0, 0.1) is 0 Å². The molecular formula is C25H28N2O. The summed E-state index contributed by atoms with van der Waals surface area (Å²) in [6.07, 6.45) is 0. The molecule has 3 aromatic rings. The Morgan fingerprint density at radius 2 is 1.36 bits per heavy atom. The van der Waals surface area contributed by atoms with Crippen molar-refractivity contribution in [2.45, 2.75) is 13.0 Å². The van der Waals surface area contributed by atoms with Gasteiger partial charge in [-0.2, -0.15) is 0 Å². The van der Waals surface area contributed by atoms with Crippen LogP contribution in [0.2, 0.25) is 0 Å². The third kappa shape index (κ3) is 4.27. The van der Waals surface area contributed by atoms with Crippen LogP contribution in [0.4, 0.5) is 0 Å². The molecule has 0 amide bonds. The molecule has 1 N–H and O–H groups in total. The number of hydrogen-bond donors (Lipinski definition) is 1. The van der Waals surface area contributed by atoms with Crippen LogP contribution in [-0.2, 0) is 0 Å². The van der Waals surface area contributed by atoms with E-state index in [0.717, 1.165) is 31.9 Å². The molecule has 0 aliphatic carbocycles. The molecule has 1 atom stereocenters. The Morgan fingerprint density at radius 1 is 0.786 bits per heavy atom. The fourth-order valence-corrected chi connectivity index (χ4v) is 3.96. The quantitative estimate of drug-likeness (QED) is 0.676. The van der Waals surface area contributed by atoms with Crippen molar-refractivity contribution in [1.82, 2.24) is 10.2 Å². The van der Waals surface area contributed by atoms with E-state index in [1.807, 2.05) is 6.92 Å². The zero-order valence-corrected chi connectivity index (χ0v) is 16.5. The number of hydrogen-bond acceptors (Lipinski definition) is 3. The maximum atomic E-state index is 5.63. The van der Waals surface area contributed by atoms with Gasteiger partial charge in [0.2, 0.25) is 0 Å². The van der Waals surface area contributed by atoms with Gasteiger partial charge < -0.3 is 10.1 Å². The first-order valence-electron chi connectivity index (χ1n) is 10.2. The Morgan fingerprint density at radius 3 is 1.96 bits per heavy atom. The van der Waals surface area contributed by atoms with Crippen molar-refractivity contribution in [2.24, 2.45) is 0 Å². The van der Waals surface area contributed by atoms with Gasteiger partial charge in [0.25, 0.3) is 0 Å². The lowest BCUT2D eigenvalue weighted by atomic mass is 9.94. The van der Waals surface area contributed by atoms with Crippen LogP contribution in [-0.4, -0.2) is 37.7 Å². The minimum atomic E-state index is 0.266. The highest BCUT2D eigenvalue weighted by atomic mass is 16.5. The van der Waals surface area contributed by atoms with Crippen LogP contribution in [0.25, 0.3) is 11.1 Å². The van der Waals surface area contributed by atoms with Crippen LogP contribution < -0.4 is 10.1 Å². The summed E-state index contributed by atoms with van der Waals surface area (Å²) < 4.78 is 5.63. The second-order valence-electron chi connectivity index (χ2n) is 7.18. The first-order chi connectivity index (χ1) is 13.8. The Labute approximate surface area is 168 Å². The first-order valence-corrected chi connectivity index (χ1v) is 10.2. The Kier molecular flexibility index (Phi) is 6.05. The van der Waals surface area contributed by atoms with E-state index in [-0.39, 0.29) is 6.04 Å². The number of nitrogens with one attached hydrogen (secondary N) is 1. The first kappa shape index (κ1) is 18.7. The largest absolute Gasteiger partial charge is 0.494 e. The highest BCUT2D eigenvalue weighted by molar-refractivity contribution is 5.63. The van der Waals surface area contributed by atoms with Gasteiger partial charge in [-0.15, -0.1) is 0 Å². The van der Waals surface area contributed by atoms with Crippen LogP contribution in [0.5, 0.6) is 5.75 Å². The molecule has 0 bridgehead atoms. The SMILES string of the molecule is CCOc1ccc(C(c2ccc(-c3ccccc3)cc2)N2CCNCC2)cc1. The molecule has 3 aromatic carbocycles. The second kappa shape index (κ2) is 9.05. The minimum absolute atomic E-state index is 0.266. The van der Waals surface area contributed by atoms with Crippen molar-refractivity contribution < 1.29 is 4.74 Å². The predicted molar refractivity (Wildman–Crippen MR) is 116 cm³/mol. The predicted octanol–water partition coefficient (Wildman–Crippen LogP) is 4.75. The van der Waals surface area contributed by atoms with E-state index >= 15 is 0 Å². The summed E-state index contributed by atoms with van der Waals surface area (Å²) in [6, 6.07) is 28.5. The molecule has 1 aliphatic rings. The average Bonchev–Trinajstić information content (AvgIpc) is 2.77. The maximum absolute atomic E-state index is 5.63. The molecule has 0 aromatic heterocycles. The molecule has 0 saturated carbocycles. The van der Waals surface area contributed by atoms with E-state index in [2.05, 4.69) is 89.1 Å². The van der Waals surface area contributed by atoms with Gasteiger partial charge in [0.1, 0.15) is 5.75 Å². The van der Waals surface area contributed by atoms with Crippen molar-refractivity contribution in [3.05, 3.63) is 90.0 Å². The lowest BCUT2D eigenvalue weighted by Gasteiger charge is -2.35. The molecule has 3 nitrogen and oxygen atoms in total. The molecule has 3 heteroatoms. The lowest BCUT2D eigenvalue weighted by Crippen LogP contribution is -2.45. The fourth-order valence-electron chi connectivity index (χ4n) is 3.96. The topological polar surface area (TPSA) is 24.5 Å². The molecule has 1 unspecified atom stereocenters. The number of ether oxygens (including phenoxy) is 1. The van der Waals surface area contributed by atoms with Gasteiger partial charge in [-0.1, -0.05) is 66.7 Å². The minimum Gasteiger partial charge on any atom is -0.494 e. The summed E-state index contributed by atoms with van der Waals surface area (Å²) in [5.41, 5.74) is 5.17. The summed E-state index contributed by atoms with van der Waals surface area (Å²) in [7, 11) is 0. The van der Waals surface area contributed by atoms with Crippen molar-refractivity contribution in [2.75, 3.05) is 32.8 Å². The van der Waals surface area contributed by atoms with Gasteiger partial charge in [-0.25, -0.2) is 0 Å². The normalized spacial score (nSPS) is 15.9. The summed E-state index contributed by atoms with van der Waals surface area (Å²) in [6.45, 7) is 6.90. The van der Waals surface area contributed by atoms with Crippen molar-refractivity contribution >= 4 is 0 Å². The summed E-state index contributed by atoms with van der Waals surface area (Å²) in [5.74, 6) is 0.935. The van der Waals surface area contributed by atoms with Gasteiger partial charge in [-0.3, -0.25) is 4.90 Å². The number of benzene rings is 3. The van der Waals surface area contributed by atoms with Crippen molar-refractivity contribution in [3.63, 3.8) is 0 Å². The van der Waals surface area contributed by atoms with E-state index in [1.54, 1.807) is 0 Å². The maximum Gasteiger partial charge on any atom is 0.119 e. The monoisotopic (exact) mass is 372 g/mol. The molecule has 1 aliphatic heterocycles. The molecule has 1 saturated heterocycles. The van der Waals surface area contributed by atoms with Crippen LogP contribution in [0.3, 0.4) is 0 Å². The third-order valence-corrected chi connectivity index (χ3v) is 5.36. The molecule has 0 spiro atoms. The van der Waals surface area contributed by atoms with Gasteiger partial charge in [-0.05, 0) is 41.3 Å². The van der Waals surface area contributed by atoms with Gasteiger partial charge in [0.15, 0.2) is 0 Å². The Balaban J connectivity index is 1.65. The summed E-state index contributed by atoms with van der Waals surface area (Å²) in [4.78, 5) is 2.57. The zero-order valence-electron chi connectivity index (χ0n) is 16.5. The number of rotatable bonds is 6. The van der Waals surface area contributed by atoms with E-state index in [9.17, 15) is 0 Å². The van der Waals surface area contributed by atoms with Crippen LogP contribution in [0.1, 0.15) is 24.1 Å². The zero-order chi connectivity index (χ0) is 19.2. The van der Waals surface area contributed by atoms with Gasteiger partial charge in [0.05, 0.1) is 12.6 Å². The number of piperazine rings is 1. The molecule has 1 fully saturated rings. The van der Waals surface area contributed by atoms with Crippen LogP contribution >= 0.6 is 0 Å². The molecule has 144 valence electrons. The highest BCUT2D eigenvalue weighted by Gasteiger charge is 2.24. The van der Waals surface area contributed by atoms with E-state index in [0.29, 0.717) is 6.61 Å².